The number of methoxy groups -OCH3 is 2. The van der Waals surface area contributed by atoms with Gasteiger partial charge in [0, 0.05) is 31.1 Å². The molecule has 1 fully saturated rings. The Morgan fingerprint density at radius 1 is 1.00 bits per heavy atom. The summed E-state index contributed by atoms with van der Waals surface area (Å²) in [6.07, 6.45) is 4.83. The van der Waals surface area contributed by atoms with Gasteiger partial charge in [0.1, 0.15) is 0 Å². The van der Waals surface area contributed by atoms with E-state index in [2.05, 4.69) is 5.32 Å². The molecule has 182 valence electrons. The van der Waals surface area contributed by atoms with E-state index in [1.54, 1.807) is 0 Å². The van der Waals surface area contributed by atoms with Crippen LogP contribution < -0.4 is 14.8 Å². The van der Waals surface area contributed by atoms with Crippen LogP contribution in [0.5, 0.6) is 11.5 Å². The summed E-state index contributed by atoms with van der Waals surface area (Å²) in [5, 5.41) is 20.4. The van der Waals surface area contributed by atoms with Gasteiger partial charge in [0.25, 0.3) is 5.91 Å². The number of carbonyl (C=O) groups excluding carboxylic acids is 3. The Kier molecular flexibility index (Phi) is 10.7. The van der Waals surface area contributed by atoms with Gasteiger partial charge in [0.15, 0.2) is 18.1 Å². The fraction of sp³-hybridized carbons (Fsp3) is 0.542. The maximum atomic E-state index is 12.9. The molecule has 0 bridgehead atoms. The van der Waals surface area contributed by atoms with Crippen LogP contribution in [0.2, 0.25) is 0 Å². The van der Waals surface area contributed by atoms with Gasteiger partial charge in [-0.3, -0.25) is 9.59 Å². The average molecular weight is 471 g/mol. The van der Waals surface area contributed by atoms with E-state index in [-0.39, 0.29) is 54.8 Å². The minimum Gasteiger partial charge on any atom is -0.493 e. The Hall–Kier alpha value is -3.79. The third-order valence-electron chi connectivity index (χ3n) is 5.64. The lowest BCUT2D eigenvalue weighted by Gasteiger charge is -2.22. The molecule has 0 heterocycles. The van der Waals surface area contributed by atoms with Crippen molar-refractivity contribution in [3.8, 4) is 23.6 Å². The minimum atomic E-state index is -0.825. The molecule has 1 aromatic rings. The predicted octanol–water partition coefficient (Wildman–Crippen LogP) is 3.04. The highest BCUT2D eigenvalue weighted by molar-refractivity contribution is 6.03. The van der Waals surface area contributed by atoms with Crippen LogP contribution in [0.3, 0.4) is 0 Å². The van der Waals surface area contributed by atoms with E-state index in [9.17, 15) is 14.4 Å². The second-order valence-electron chi connectivity index (χ2n) is 7.85. The molecular weight excluding hydrogens is 440 g/mol. The number of nitrogens with zero attached hydrogens (tertiary/aromatic N) is 3. The molecule has 0 saturated heterocycles. The van der Waals surface area contributed by atoms with E-state index in [0.717, 1.165) is 32.1 Å². The monoisotopic (exact) mass is 470 g/mol. The molecule has 10 nitrogen and oxygen atoms in total. The van der Waals surface area contributed by atoms with Crippen LogP contribution in [0.25, 0.3) is 0 Å². The smallest absolute Gasteiger partial charge is 0.340 e. The number of nitriles is 2. The number of ether oxygens (including phenoxy) is 3. The third-order valence-corrected chi connectivity index (χ3v) is 5.64. The molecule has 0 aliphatic heterocycles. The maximum absolute atomic E-state index is 12.9. The summed E-state index contributed by atoms with van der Waals surface area (Å²) in [6.45, 7) is -0.304. The first-order valence-corrected chi connectivity index (χ1v) is 11.2. The number of hydrogen-bond donors (Lipinski definition) is 1. The first kappa shape index (κ1) is 26.5. The number of carbonyl (C=O) groups is 3. The molecule has 1 aliphatic carbocycles. The molecule has 0 atom stereocenters. The zero-order valence-electron chi connectivity index (χ0n) is 19.6. The summed E-state index contributed by atoms with van der Waals surface area (Å²) in [5.41, 5.74) is 0.228. The van der Waals surface area contributed by atoms with Crippen LogP contribution in [0.4, 0.5) is 5.69 Å². The van der Waals surface area contributed by atoms with Crippen molar-refractivity contribution in [1.82, 2.24) is 4.90 Å². The van der Waals surface area contributed by atoms with E-state index in [0.29, 0.717) is 5.75 Å². The highest BCUT2D eigenvalue weighted by atomic mass is 16.5. The van der Waals surface area contributed by atoms with Crippen molar-refractivity contribution in [2.75, 3.05) is 39.2 Å². The van der Waals surface area contributed by atoms with Gasteiger partial charge in [0.2, 0.25) is 5.91 Å². The van der Waals surface area contributed by atoms with E-state index in [1.807, 2.05) is 12.1 Å². The first-order valence-electron chi connectivity index (χ1n) is 11.2. The van der Waals surface area contributed by atoms with Crippen molar-refractivity contribution < 1.29 is 28.6 Å². The highest BCUT2D eigenvalue weighted by Crippen LogP contribution is 2.35. The first-order chi connectivity index (χ1) is 16.4. The standard InChI is InChI=1S/C24H30N4O6/c1-32-20-14-18(24(31)34-16-22(29)28(12-6-10-25)13-7-11-26)19(15-21(20)33-2)27-23(30)17-8-4-3-5-9-17/h14-15,17H,3-9,12-13,16H2,1-2H3,(H,27,30). The van der Waals surface area contributed by atoms with Gasteiger partial charge in [-0.05, 0) is 12.8 Å². The number of hydrogen-bond acceptors (Lipinski definition) is 8. The Balaban J connectivity index is 2.19. The Labute approximate surface area is 199 Å². The van der Waals surface area contributed by atoms with E-state index in [1.165, 1.54) is 31.3 Å². The topological polar surface area (TPSA) is 142 Å². The minimum absolute atomic E-state index is 0.0233. The molecule has 1 aromatic carbocycles. The average Bonchev–Trinajstić information content (AvgIpc) is 2.87. The van der Waals surface area contributed by atoms with E-state index in [4.69, 9.17) is 24.7 Å². The molecule has 1 N–H and O–H groups in total. The quantitative estimate of drug-likeness (QED) is 0.486. The van der Waals surface area contributed by atoms with Crippen LogP contribution in [-0.4, -0.2) is 56.6 Å². The largest absolute Gasteiger partial charge is 0.493 e. The summed E-state index contributed by atoms with van der Waals surface area (Å²) in [7, 11) is 2.86. The van der Waals surface area contributed by atoms with Gasteiger partial charge in [-0.15, -0.1) is 0 Å². The lowest BCUT2D eigenvalue weighted by atomic mass is 9.88. The lowest BCUT2D eigenvalue weighted by molar-refractivity contribution is -0.134. The van der Waals surface area contributed by atoms with Crippen molar-refractivity contribution in [1.29, 1.82) is 10.5 Å². The molecule has 1 aliphatic rings. The molecule has 10 heteroatoms. The van der Waals surface area contributed by atoms with Gasteiger partial charge >= 0.3 is 5.97 Å². The second kappa shape index (κ2) is 13.7. The molecule has 34 heavy (non-hydrogen) atoms. The van der Waals surface area contributed by atoms with Crippen LogP contribution in [-0.2, 0) is 14.3 Å². The molecule has 2 rings (SSSR count). The fourth-order valence-corrected chi connectivity index (χ4v) is 3.78. The van der Waals surface area contributed by atoms with E-state index >= 15 is 0 Å². The van der Waals surface area contributed by atoms with Crippen molar-refractivity contribution in [2.24, 2.45) is 5.92 Å². The lowest BCUT2D eigenvalue weighted by Crippen LogP contribution is -2.36. The molecule has 1 saturated carbocycles. The van der Waals surface area contributed by atoms with Gasteiger partial charge < -0.3 is 24.4 Å². The normalized spacial score (nSPS) is 13.2. The van der Waals surface area contributed by atoms with Crippen LogP contribution in [0.15, 0.2) is 12.1 Å². The molecule has 2 amide bonds. The van der Waals surface area contributed by atoms with Crippen molar-refractivity contribution in [3.63, 3.8) is 0 Å². The second-order valence-corrected chi connectivity index (χ2v) is 7.85. The zero-order chi connectivity index (χ0) is 24.9. The van der Waals surface area contributed by atoms with Crippen molar-refractivity contribution >= 4 is 23.5 Å². The molecule has 0 spiro atoms. The summed E-state index contributed by atoms with van der Waals surface area (Å²) >= 11 is 0. The molecular formula is C24H30N4O6. The van der Waals surface area contributed by atoms with Gasteiger partial charge in [-0.1, -0.05) is 19.3 Å². The van der Waals surface area contributed by atoms with E-state index < -0.39 is 18.5 Å². The zero-order valence-corrected chi connectivity index (χ0v) is 19.6. The van der Waals surface area contributed by atoms with Crippen LogP contribution in [0.1, 0.15) is 55.3 Å². The summed E-state index contributed by atoms with van der Waals surface area (Å²) in [4.78, 5) is 39.5. The third kappa shape index (κ3) is 7.38. The number of esters is 1. The number of anilines is 1. The van der Waals surface area contributed by atoms with Crippen molar-refractivity contribution in [3.05, 3.63) is 17.7 Å². The number of benzene rings is 1. The summed E-state index contributed by atoms with van der Waals surface area (Å²) in [5.74, 6) is -1.08. The SMILES string of the molecule is COc1cc(NC(=O)C2CCCCC2)c(C(=O)OCC(=O)N(CCC#N)CCC#N)cc1OC. The Bertz CT molecular complexity index is 941. The number of rotatable bonds is 11. The number of amides is 2. The summed E-state index contributed by atoms with van der Waals surface area (Å²) in [6, 6.07) is 6.78. The Morgan fingerprint density at radius 3 is 2.15 bits per heavy atom. The Morgan fingerprint density at radius 2 is 1.59 bits per heavy atom. The molecule has 0 aromatic heterocycles. The fourth-order valence-electron chi connectivity index (χ4n) is 3.78. The van der Waals surface area contributed by atoms with Gasteiger partial charge in [0.05, 0.1) is 50.5 Å². The van der Waals surface area contributed by atoms with Gasteiger partial charge in [-0.25, -0.2) is 4.79 Å². The number of nitrogens with one attached hydrogen (secondary N) is 1. The molecule has 0 radical (unpaired) electrons. The maximum Gasteiger partial charge on any atom is 0.340 e. The van der Waals surface area contributed by atoms with Crippen molar-refractivity contribution in [2.45, 2.75) is 44.9 Å². The van der Waals surface area contributed by atoms with Crippen LogP contribution in [0, 0.1) is 28.6 Å². The van der Waals surface area contributed by atoms with Crippen LogP contribution >= 0.6 is 0 Å². The summed E-state index contributed by atoms with van der Waals surface area (Å²) < 4.78 is 15.8. The van der Waals surface area contributed by atoms with Gasteiger partial charge in [-0.2, -0.15) is 10.5 Å². The highest BCUT2D eigenvalue weighted by Gasteiger charge is 2.25. The predicted molar refractivity (Wildman–Crippen MR) is 122 cm³/mol. The molecule has 0 unspecified atom stereocenters.